The Morgan fingerprint density at radius 1 is 1.39 bits per heavy atom. The fourth-order valence-corrected chi connectivity index (χ4v) is 2.41. The topological polar surface area (TPSA) is 47.1 Å². The van der Waals surface area contributed by atoms with E-state index in [9.17, 15) is 0 Å². The molecule has 0 aliphatic rings. The second kappa shape index (κ2) is 4.98. The molecule has 0 saturated heterocycles. The molecule has 0 amide bonds. The van der Waals surface area contributed by atoms with Crippen molar-refractivity contribution in [2.45, 2.75) is 19.9 Å². The largest absolute Gasteiger partial charge is 0.370 e. The van der Waals surface area contributed by atoms with Gasteiger partial charge < -0.3 is 15.2 Å². The van der Waals surface area contributed by atoms with Crippen molar-refractivity contribution in [2.75, 3.05) is 18.5 Å². The lowest BCUT2D eigenvalue weighted by Gasteiger charge is -2.32. The van der Waals surface area contributed by atoms with Crippen molar-refractivity contribution in [2.24, 2.45) is 18.7 Å². The molecule has 0 aliphatic carbocycles. The van der Waals surface area contributed by atoms with E-state index in [0.29, 0.717) is 18.5 Å². The molecule has 2 rings (SSSR count). The van der Waals surface area contributed by atoms with Crippen LogP contribution in [0.15, 0.2) is 24.5 Å². The van der Waals surface area contributed by atoms with Gasteiger partial charge in [-0.15, -0.1) is 0 Å². The van der Waals surface area contributed by atoms with E-state index in [2.05, 4.69) is 49.0 Å². The van der Waals surface area contributed by atoms with Crippen molar-refractivity contribution in [3.8, 4) is 0 Å². The first-order valence-corrected chi connectivity index (χ1v) is 6.38. The minimum atomic E-state index is 0.353. The number of benzene rings is 1. The molecule has 4 nitrogen and oxygen atoms in total. The van der Waals surface area contributed by atoms with Crippen molar-refractivity contribution < 1.29 is 0 Å². The summed E-state index contributed by atoms with van der Waals surface area (Å²) in [6.45, 7) is 5.06. The van der Waals surface area contributed by atoms with E-state index in [1.807, 2.05) is 17.9 Å². The van der Waals surface area contributed by atoms with Gasteiger partial charge >= 0.3 is 0 Å². The van der Waals surface area contributed by atoms with Gasteiger partial charge in [-0.2, -0.15) is 0 Å². The van der Waals surface area contributed by atoms with E-state index < -0.39 is 0 Å². The molecule has 1 atom stereocenters. The first kappa shape index (κ1) is 12.9. The fraction of sp³-hybridized carbons (Fsp3) is 0.500. The Kier molecular flexibility index (Phi) is 3.57. The zero-order valence-corrected chi connectivity index (χ0v) is 11.6. The molecular formula is C14H22N4. The molecule has 0 radical (unpaired) electrons. The number of likely N-dealkylation sites (N-methyl/N-ethyl adjacent to an activating group) is 1. The average Bonchev–Trinajstić information content (AvgIpc) is 2.71. The Labute approximate surface area is 108 Å². The number of aryl methyl sites for hydroxylation is 1. The van der Waals surface area contributed by atoms with E-state index in [1.165, 1.54) is 5.69 Å². The Hall–Kier alpha value is -1.55. The molecule has 1 unspecified atom stereocenters. The number of fused-ring (bicyclic) bond motifs is 1. The monoisotopic (exact) mass is 246 g/mol. The highest BCUT2D eigenvalue weighted by Crippen LogP contribution is 2.23. The highest BCUT2D eigenvalue weighted by atomic mass is 15.1. The first-order chi connectivity index (χ1) is 8.54. The number of hydrogen-bond donors (Lipinski definition) is 1. The summed E-state index contributed by atoms with van der Waals surface area (Å²) in [6.07, 6.45) is 1.84. The summed E-state index contributed by atoms with van der Waals surface area (Å²) in [7, 11) is 4.11. The van der Waals surface area contributed by atoms with Crippen LogP contribution >= 0.6 is 0 Å². The minimum Gasteiger partial charge on any atom is -0.370 e. The number of nitrogens with zero attached hydrogens (tertiary/aromatic N) is 3. The summed E-state index contributed by atoms with van der Waals surface area (Å²) in [5.41, 5.74) is 9.22. The van der Waals surface area contributed by atoms with Crippen LogP contribution in [-0.4, -0.2) is 29.2 Å². The maximum Gasteiger partial charge on any atom is 0.0955 e. The zero-order chi connectivity index (χ0) is 13.3. The van der Waals surface area contributed by atoms with Crippen LogP contribution < -0.4 is 10.6 Å². The minimum absolute atomic E-state index is 0.353. The van der Waals surface area contributed by atoms with Crippen LogP contribution in [0.1, 0.15) is 13.8 Å². The molecule has 0 spiro atoms. The molecule has 18 heavy (non-hydrogen) atoms. The number of anilines is 1. The Morgan fingerprint density at radius 2 is 2.11 bits per heavy atom. The molecule has 0 bridgehead atoms. The van der Waals surface area contributed by atoms with Crippen LogP contribution in [0.25, 0.3) is 11.0 Å². The fourth-order valence-electron chi connectivity index (χ4n) is 2.41. The van der Waals surface area contributed by atoms with E-state index in [1.54, 1.807) is 0 Å². The SMILES string of the molecule is CC(C)C(CN)N(C)c1ccc2c(c1)ncn2C. The summed E-state index contributed by atoms with van der Waals surface area (Å²) in [5, 5.41) is 0. The third-order valence-electron chi connectivity index (χ3n) is 3.62. The third kappa shape index (κ3) is 2.20. The first-order valence-electron chi connectivity index (χ1n) is 6.38. The maximum absolute atomic E-state index is 5.87. The maximum atomic E-state index is 5.87. The quantitative estimate of drug-likeness (QED) is 0.897. The molecule has 1 aromatic heterocycles. The van der Waals surface area contributed by atoms with Crippen LogP contribution in [0.3, 0.4) is 0 Å². The summed E-state index contributed by atoms with van der Waals surface area (Å²) in [4.78, 5) is 6.65. The van der Waals surface area contributed by atoms with E-state index in [-0.39, 0.29) is 0 Å². The zero-order valence-electron chi connectivity index (χ0n) is 11.6. The van der Waals surface area contributed by atoms with Gasteiger partial charge in [-0.05, 0) is 24.1 Å². The standard InChI is InChI=1S/C14H22N4/c1-10(2)14(8-15)18(4)11-5-6-13-12(7-11)16-9-17(13)3/h5-7,9-10,14H,8,15H2,1-4H3. The second-order valence-electron chi connectivity index (χ2n) is 5.19. The normalized spacial score (nSPS) is 13.2. The average molecular weight is 246 g/mol. The molecule has 0 saturated carbocycles. The van der Waals surface area contributed by atoms with Crippen molar-refractivity contribution in [3.63, 3.8) is 0 Å². The van der Waals surface area contributed by atoms with Gasteiger partial charge in [0.25, 0.3) is 0 Å². The summed E-state index contributed by atoms with van der Waals surface area (Å²) in [6, 6.07) is 6.73. The molecule has 2 aromatic rings. The van der Waals surface area contributed by atoms with Gasteiger partial charge in [-0.1, -0.05) is 13.8 Å². The van der Waals surface area contributed by atoms with Gasteiger partial charge in [0, 0.05) is 32.4 Å². The van der Waals surface area contributed by atoms with Gasteiger partial charge in [0.15, 0.2) is 0 Å². The predicted molar refractivity (Wildman–Crippen MR) is 76.8 cm³/mol. The number of imidazole rings is 1. The summed E-state index contributed by atoms with van der Waals surface area (Å²) < 4.78 is 2.03. The van der Waals surface area contributed by atoms with Gasteiger partial charge in [0.1, 0.15) is 0 Å². The van der Waals surface area contributed by atoms with Crippen molar-refractivity contribution in [1.82, 2.24) is 9.55 Å². The van der Waals surface area contributed by atoms with Crippen LogP contribution in [-0.2, 0) is 7.05 Å². The molecule has 0 aliphatic heterocycles. The number of aromatic nitrogens is 2. The van der Waals surface area contributed by atoms with E-state index in [4.69, 9.17) is 5.73 Å². The molecule has 0 fully saturated rings. The van der Waals surface area contributed by atoms with E-state index >= 15 is 0 Å². The lowest BCUT2D eigenvalue weighted by molar-refractivity contribution is 0.480. The van der Waals surface area contributed by atoms with Crippen LogP contribution in [0.5, 0.6) is 0 Å². The van der Waals surface area contributed by atoms with Gasteiger partial charge in [0.2, 0.25) is 0 Å². The molecule has 2 N–H and O–H groups in total. The highest BCUT2D eigenvalue weighted by molar-refractivity contribution is 5.79. The van der Waals surface area contributed by atoms with Crippen molar-refractivity contribution in [3.05, 3.63) is 24.5 Å². The van der Waals surface area contributed by atoms with Crippen molar-refractivity contribution >= 4 is 16.7 Å². The lowest BCUT2D eigenvalue weighted by Crippen LogP contribution is -2.41. The van der Waals surface area contributed by atoms with Gasteiger partial charge in [-0.25, -0.2) is 4.98 Å². The Morgan fingerprint density at radius 3 is 2.72 bits per heavy atom. The summed E-state index contributed by atoms with van der Waals surface area (Å²) in [5.74, 6) is 0.527. The van der Waals surface area contributed by atoms with Crippen LogP contribution in [0.2, 0.25) is 0 Å². The number of nitrogens with two attached hydrogens (primary N) is 1. The molecular weight excluding hydrogens is 224 g/mol. The molecule has 1 aromatic carbocycles. The highest BCUT2D eigenvalue weighted by Gasteiger charge is 2.17. The summed E-state index contributed by atoms with van der Waals surface area (Å²) >= 11 is 0. The molecule has 1 heterocycles. The predicted octanol–water partition coefficient (Wildman–Crippen LogP) is 1.99. The lowest BCUT2D eigenvalue weighted by atomic mass is 10.0. The second-order valence-corrected chi connectivity index (χ2v) is 5.19. The Bertz CT molecular complexity index is 530. The van der Waals surface area contributed by atoms with Gasteiger partial charge in [0.05, 0.1) is 17.4 Å². The molecule has 98 valence electrons. The molecule has 4 heteroatoms. The van der Waals surface area contributed by atoms with Crippen LogP contribution in [0, 0.1) is 5.92 Å². The van der Waals surface area contributed by atoms with Gasteiger partial charge in [-0.3, -0.25) is 0 Å². The number of rotatable bonds is 4. The smallest absolute Gasteiger partial charge is 0.0955 e. The number of hydrogen-bond acceptors (Lipinski definition) is 3. The third-order valence-corrected chi connectivity index (χ3v) is 3.62. The van der Waals surface area contributed by atoms with Crippen molar-refractivity contribution in [1.29, 1.82) is 0 Å². The van der Waals surface area contributed by atoms with Crippen LogP contribution in [0.4, 0.5) is 5.69 Å². The van der Waals surface area contributed by atoms with E-state index in [0.717, 1.165) is 11.0 Å². The Balaban J connectivity index is 2.35.